The van der Waals surface area contributed by atoms with Gasteiger partial charge >= 0.3 is 10.1 Å². The summed E-state index contributed by atoms with van der Waals surface area (Å²) in [7, 11) is -4.64. The lowest BCUT2D eigenvalue weighted by Crippen LogP contribution is -2.60. The second-order valence-corrected chi connectivity index (χ2v) is 14.3. The van der Waals surface area contributed by atoms with E-state index in [4.69, 9.17) is 8.92 Å². The van der Waals surface area contributed by atoms with Crippen LogP contribution in [0.4, 0.5) is 10.1 Å². The molecule has 0 spiro atoms. The number of rotatable bonds is 12. The number of phenolic OH excluding ortho intramolecular Hbond substituents is 1. The van der Waals surface area contributed by atoms with Crippen molar-refractivity contribution in [3.63, 3.8) is 0 Å². The van der Waals surface area contributed by atoms with Crippen LogP contribution < -0.4 is 9.08 Å². The maximum atomic E-state index is 13.8. The molecular formula is C37H38FNO11S. The molecule has 12 nitrogen and oxygen atoms in total. The minimum Gasteiger partial charge on any atom is -0.508 e. The SMILES string of the molecule is O=C1[C@H](CC[C@H](O)c2ccc(F)cc2)[C@@H](c2ccc(-c3ccc(O)cc3)cc2OS(=O)(=O)CC2O[C@H](CO)[C@@H](O)[C@H](O)[C@H]2O)N1c1ccccc1. The van der Waals surface area contributed by atoms with Gasteiger partial charge < -0.3 is 44.5 Å². The Balaban J connectivity index is 1.36. The van der Waals surface area contributed by atoms with E-state index in [1.54, 1.807) is 54.6 Å². The zero-order valence-corrected chi connectivity index (χ0v) is 28.0. The van der Waals surface area contributed by atoms with E-state index in [0.29, 0.717) is 27.9 Å². The minimum absolute atomic E-state index is 0.0195. The van der Waals surface area contributed by atoms with Crippen LogP contribution in [0.15, 0.2) is 97.1 Å². The summed E-state index contributed by atoms with van der Waals surface area (Å²) in [5, 5.41) is 61.2. The van der Waals surface area contributed by atoms with Crippen molar-refractivity contribution < 1.29 is 57.2 Å². The first-order valence-electron chi connectivity index (χ1n) is 16.3. The molecule has 6 rings (SSSR count). The quantitative estimate of drug-likeness (QED) is 0.0930. The fraction of sp³-hybridized carbons (Fsp3) is 0.324. The van der Waals surface area contributed by atoms with E-state index in [2.05, 4.69) is 0 Å². The standard InChI is InChI=1S/C37H38FNO11S/c38-24-11-6-22(7-12-24)29(42)17-16-28-33(39(37(28)46)25-4-2-1-3-5-25)27-15-10-23(21-8-13-26(41)14-9-21)18-30(27)50-51(47,48)20-32-35(44)36(45)34(43)31(19-40)49-32/h1-15,18,28-29,31-36,40-45H,16-17,19-20H2/t28-,29+,31-,32?,33-,34-,35+,36+/m1/s1. The van der Waals surface area contributed by atoms with Crippen molar-refractivity contribution >= 4 is 21.7 Å². The predicted molar refractivity (Wildman–Crippen MR) is 182 cm³/mol. The Hall–Kier alpha value is -4.41. The molecule has 1 amide bonds. The third-order valence-corrected chi connectivity index (χ3v) is 10.5. The van der Waals surface area contributed by atoms with Gasteiger partial charge in [0.15, 0.2) is 0 Å². The van der Waals surface area contributed by atoms with Gasteiger partial charge in [-0.25, -0.2) is 4.39 Å². The molecule has 0 radical (unpaired) electrons. The zero-order chi connectivity index (χ0) is 36.4. The third kappa shape index (κ3) is 7.77. The van der Waals surface area contributed by atoms with E-state index in [1.807, 2.05) is 0 Å². The monoisotopic (exact) mass is 723 g/mol. The van der Waals surface area contributed by atoms with Crippen molar-refractivity contribution in [1.29, 1.82) is 0 Å². The van der Waals surface area contributed by atoms with E-state index in [0.717, 1.165) is 0 Å². The topological polar surface area (TPSA) is 194 Å². The van der Waals surface area contributed by atoms with Crippen LogP contribution in [-0.4, -0.2) is 87.8 Å². The maximum Gasteiger partial charge on any atom is 0.311 e. The summed E-state index contributed by atoms with van der Waals surface area (Å²) < 4.78 is 52.0. The van der Waals surface area contributed by atoms with E-state index in [9.17, 15) is 48.2 Å². The van der Waals surface area contributed by atoms with E-state index >= 15 is 0 Å². The van der Waals surface area contributed by atoms with Crippen molar-refractivity contribution in [2.75, 3.05) is 17.3 Å². The minimum atomic E-state index is -4.64. The van der Waals surface area contributed by atoms with Crippen LogP contribution in [-0.2, 0) is 19.6 Å². The molecule has 6 N–H and O–H groups in total. The van der Waals surface area contributed by atoms with Crippen LogP contribution >= 0.6 is 0 Å². The number of benzene rings is 4. The molecule has 2 heterocycles. The number of aromatic hydroxyl groups is 1. The van der Waals surface area contributed by atoms with Gasteiger partial charge in [0, 0.05) is 11.3 Å². The molecule has 2 fully saturated rings. The van der Waals surface area contributed by atoms with Gasteiger partial charge in [-0.2, -0.15) is 8.42 Å². The highest BCUT2D eigenvalue weighted by atomic mass is 32.2. The summed E-state index contributed by atoms with van der Waals surface area (Å²) in [6.45, 7) is -0.747. The predicted octanol–water partition coefficient (Wildman–Crippen LogP) is 2.97. The number of aliphatic hydroxyl groups is 5. The molecule has 51 heavy (non-hydrogen) atoms. The number of carbonyl (C=O) groups is 1. The van der Waals surface area contributed by atoms with Crippen LogP contribution in [0.1, 0.15) is 36.1 Å². The van der Waals surface area contributed by atoms with Gasteiger partial charge in [-0.1, -0.05) is 54.6 Å². The second-order valence-electron chi connectivity index (χ2n) is 12.7. The Morgan fingerprint density at radius 2 is 1.49 bits per heavy atom. The van der Waals surface area contributed by atoms with Crippen molar-refractivity contribution in [1.82, 2.24) is 0 Å². The summed E-state index contributed by atoms with van der Waals surface area (Å²) in [5.74, 6) is -2.54. The first-order chi connectivity index (χ1) is 24.4. The number of halogens is 1. The van der Waals surface area contributed by atoms with Gasteiger partial charge in [0.05, 0.1) is 24.7 Å². The number of phenols is 1. The largest absolute Gasteiger partial charge is 0.508 e. The number of hydrogen-bond acceptors (Lipinski definition) is 11. The molecule has 2 aliphatic heterocycles. The van der Waals surface area contributed by atoms with Crippen molar-refractivity contribution in [2.45, 2.75) is 55.5 Å². The number of nitrogens with zero attached hydrogens (tertiary/aromatic N) is 1. The molecule has 270 valence electrons. The number of hydrogen-bond donors (Lipinski definition) is 6. The lowest BCUT2D eigenvalue weighted by molar-refractivity contribution is -0.223. The molecule has 4 aromatic carbocycles. The highest BCUT2D eigenvalue weighted by Gasteiger charge is 2.50. The molecule has 14 heteroatoms. The van der Waals surface area contributed by atoms with Crippen molar-refractivity contribution in [2.24, 2.45) is 5.92 Å². The summed E-state index contributed by atoms with van der Waals surface area (Å²) in [4.78, 5) is 15.3. The Bertz CT molecular complexity index is 1930. The fourth-order valence-electron chi connectivity index (χ4n) is 6.62. The number of para-hydroxylation sites is 1. The van der Waals surface area contributed by atoms with E-state index < -0.39 is 76.9 Å². The Kier molecular flexibility index (Phi) is 10.7. The molecule has 0 saturated carbocycles. The molecule has 0 aliphatic carbocycles. The van der Waals surface area contributed by atoms with Gasteiger partial charge in [0.25, 0.3) is 0 Å². The molecule has 2 aliphatic rings. The maximum absolute atomic E-state index is 13.8. The van der Waals surface area contributed by atoms with Gasteiger partial charge in [-0.15, -0.1) is 0 Å². The van der Waals surface area contributed by atoms with Crippen molar-refractivity contribution in [3.8, 4) is 22.6 Å². The number of anilines is 1. The van der Waals surface area contributed by atoms with E-state index in [1.165, 1.54) is 47.4 Å². The summed E-state index contributed by atoms with van der Waals surface area (Å²) >= 11 is 0. The highest BCUT2D eigenvalue weighted by Crippen LogP contribution is 2.49. The molecule has 1 unspecified atom stereocenters. The normalized spacial score (nSPS) is 25.6. The molecule has 0 bridgehead atoms. The fourth-order valence-corrected chi connectivity index (χ4v) is 7.79. The van der Waals surface area contributed by atoms with Crippen LogP contribution in [0.5, 0.6) is 11.5 Å². The van der Waals surface area contributed by atoms with Crippen LogP contribution in [0.3, 0.4) is 0 Å². The molecule has 0 aromatic heterocycles. The van der Waals surface area contributed by atoms with Gasteiger partial charge in [0.2, 0.25) is 5.91 Å². The number of amides is 1. The molecular weight excluding hydrogens is 685 g/mol. The van der Waals surface area contributed by atoms with Crippen LogP contribution in [0.25, 0.3) is 11.1 Å². The lowest BCUT2D eigenvalue weighted by atomic mass is 9.77. The summed E-state index contributed by atoms with van der Waals surface area (Å²) in [6, 6.07) is 24.4. The average Bonchev–Trinajstić information content (AvgIpc) is 3.11. The molecule has 8 atom stereocenters. The van der Waals surface area contributed by atoms with Gasteiger partial charge in [-0.05, 0) is 72.0 Å². The van der Waals surface area contributed by atoms with E-state index in [-0.39, 0.29) is 30.2 Å². The first kappa shape index (κ1) is 36.4. The van der Waals surface area contributed by atoms with Gasteiger partial charge in [-0.3, -0.25) is 4.79 Å². The Morgan fingerprint density at radius 1 is 0.843 bits per heavy atom. The first-order valence-corrected chi connectivity index (χ1v) is 17.9. The van der Waals surface area contributed by atoms with Crippen molar-refractivity contribution in [3.05, 3.63) is 114 Å². The highest BCUT2D eigenvalue weighted by molar-refractivity contribution is 7.87. The number of carbonyl (C=O) groups excluding carboxylic acids is 1. The number of ether oxygens (including phenoxy) is 1. The second kappa shape index (κ2) is 15.1. The number of β-lactam (4-membered cyclic amide) rings is 1. The third-order valence-electron chi connectivity index (χ3n) is 9.36. The molecule has 4 aromatic rings. The molecule has 2 saturated heterocycles. The average molecular weight is 724 g/mol. The lowest BCUT2D eigenvalue weighted by Gasteiger charge is -2.48. The summed E-state index contributed by atoms with van der Waals surface area (Å²) in [6.07, 6.45) is -8.88. The zero-order valence-electron chi connectivity index (χ0n) is 27.1. The summed E-state index contributed by atoms with van der Waals surface area (Å²) in [5.41, 5.74) is 2.46. The van der Waals surface area contributed by atoms with Gasteiger partial charge in [0.1, 0.15) is 53.6 Å². The smallest absolute Gasteiger partial charge is 0.311 e. The Morgan fingerprint density at radius 3 is 2.16 bits per heavy atom. The number of aliphatic hydroxyl groups excluding tert-OH is 5. The van der Waals surface area contributed by atoms with Crippen LogP contribution in [0.2, 0.25) is 0 Å². The van der Waals surface area contributed by atoms with Crippen LogP contribution in [0, 0.1) is 11.7 Å². The Labute approximate surface area is 293 Å².